The third kappa shape index (κ3) is 7.56. The molecule has 0 radical (unpaired) electrons. The Bertz CT molecular complexity index is 1960. The van der Waals surface area contributed by atoms with Crippen molar-refractivity contribution in [3.8, 4) is 11.4 Å². The molecule has 5 aromatic rings. The minimum atomic E-state index is -1.02. The van der Waals surface area contributed by atoms with Crippen molar-refractivity contribution in [2.45, 2.75) is 51.0 Å². The van der Waals surface area contributed by atoms with Gasteiger partial charge in [-0.05, 0) is 74.4 Å². The molecular formula is C37H44F2N8O5. The van der Waals surface area contributed by atoms with E-state index in [9.17, 15) is 18.7 Å². The van der Waals surface area contributed by atoms with Crippen molar-refractivity contribution in [1.82, 2.24) is 29.1 Å². The minimum absolute atomic E-state index is 0. The SMILES string of the molecule is CC[C@@H]([C@H](C)O)n1ncn(-c2ccc(N3CCN(c4ccc(OC[C@@H]5CO[C@@](Cn6cncn6)(c6ccc(F)cc6F)C5)cc4)CC3)cc2)c1=O.O. The number of aliphatic hydroxyl groups is 1. The van der Waals surface area contributed by atoms with Crippen LogP contribution in [0.25, 0.3) is 5.69 Å². The fourth-order valence-corrected chi connectivity index (χ4v) is 7.24. The van der Waals surface area contributed by atoms with Crippen molar-refractivity contribution >= 4 is 11.4 Å². The number of halogens is 2. The lowest BCUT2D eigenvalue weighted by Crippen LogP contribution is -2.46. The largest absolute Gasteiger partial charge is 0.493 e. The maximum Gasteiger partial charge on any atom is 0.350 e. The van der Waals surface area contributed by atoms with Gasteiger partial charge in [-0.15, -0.1) is 0 Å². The average molecular weight is 719 g/mol. The number of ether oxygens (including phenoxy) is 2. The van der Waals surface area contributed by atoms with Gasteiger partial charge in [0.15, 0.2) is 0 Å². The lowest BCUT2D eigenvalue weighted by Gasteiger charge is -2.37. The van der Waals surface area contributed by atoms with E-state index in [2.05, 4.69) is 37.1 Å². The van der Waals surface area contributed by atoms with E-state index in [1.165, 1.54) is 34.0 Å². The molecule has 2 saturated heterocycles. The summed E-state index contributed by atoms with van der Waals surface area (Å²) in [6.07, 6.45) is 4.88. The number of nitrogens with zero attached hydrogens (tertiary/aromatic N) is 8. The van der Waals surface area contributed by atoms with Gasteiger partial charge in [-0.25, -0.2) is 32.5 Å². The number of aliphatic hydroxyl groups excluding tert-OH is 1. The Balaban J connectivity index is 0.00000464. The Kier molecular flexibility index (Phi) is 11.0. The topological polar surface area (TPSA) is 147 Å². The van der Waals surface area contributed by atoms with Crippen LogP contribution in [-0.4, -0.2) is 85.2 Å². The molecule has 52 heavy (non-hydrogen) atoms. The molecule has 3 aromatic carbocycles. The van der Waals surface area contributed by atoms with Gasteiger partial charge in [0.25, 0.3) is 0 Å². The van der Waals surface area contributed by atoms with Gasteiger partial charge in [-0.3, -0.25) is 0 Å². The van der Waals surface area contributed by atoms with Crippen molar-refractivity contribution in [2.24, 2.45) is 5.92 Å². The molecule has 7 rings (SSSR count). The molecule has 3 N–H and O–H groups in total. The van der Waals surface area contributed by atoms with Gasteiger partial charge in [0.2, 0.25) is 0 Å². The standard InChI is InChI=1S/C37H42F2N8O4.H2O/c1-3-35(26(2)48)47-36(49)46(25-42-47)31-7-5-29(6-8-31)43-14-16-44(17-15-43)30-9-11-32(12-10-30)50-20-27-19-37(51-21-27,22-45-24-40-23-41-45)33-13-4-28(38)18-34(33)39;/h4-13,18,23-27,35,48H,3,14-17,19-22H2,1-2H3;1H2/t26-,27+,35-,37-;/m0./s1. The van der Waals surface area contributed by atoms with E-state index in [0.29, 0.717) is 31.6 Å². The monoisotopic (exact) mass is 718 g/mol. The van der Waals surface area contributed by atoms with Crippen LogP contribution in [0.4, 0.5) is 20.2 Å². The smallest absolute Gasteiger partial charge is 0.350 e. The van der Waals surface area contributed by atoms with Crippen molar-refractivity contribution in [2.75, 3.05) is 49.2 Å². The van der Waals surface area contributed by atoms with E-state index >= 15 is 0 Å². The second-order valence-electron chi connectivity index (χ2n) is 13.3. The molecule has 2 aromatic heterocycles. The summed E-state index contributed by atoms with van der Waals surface area (Å²) in [5, 5.41) is 18.5. The first-order chi connectivity index (χ1) is 24.7. The van der Waals surface area contributed by atoms with E-state index < -0.39 is 23.3 Å². The van der Waals surface area contributed by atoms with Gasteiger partial charge < -0.3 is 29.9 Å². The first-order valence-corrected chi connectivity index (χ1v) is 17.3. The number of hydrogen-bond acceptors (Lipinski definition) is 9. The Hall–Kier alpha value is -5.12. The van der Waals surface area contributed by atoms with Gasteiger partial charge in [-0.1, -0.05) is 13.0 Å². The quantitative estimate of drug-likeness (QED) is 0.204. The highest BCUT2D eigenvalue weighted by molar-refractivity contribution is 5.54. The molecule has 0 amide bonds. The van der Waals surface area contributed by atoms with Gasteiger partial charge in [0.1, 0.15) is 42.0 Å². The Morgan fingerprint density at radius 2 is 1.60 bits per heavy atom. The average Bonchev–Trinajstić information content (AvgIpc) is 3.90. The highest BCUT2D eigenvalue weighted by Crippen LogP contribution is 2.42. The maximum absolute atomic E-state index is 15.0. The summed E-state index contributed by atoms with van der Waals surface area (Å²) in [6.45, 7) is 7.97. The van der Waals surface area contributed by atoms with Crippen LogP contribution in [0.1, 0.15) is 38.3 Å². The fourth-order valence-electron chi connectivity index (χ4n) is 7.24. The zero-order valence-electron chi connectivity index (χ0n) is 29.2. The zero-order valence-corrected chi connectivity index (χ0v) is 29.2. The second-order valence-corrected chi connectivity index (χ2v) is 13.3. The predicted molar refractivity (Wildman–Crippen MR) is 191 cm³/mol. The lowest BCUT2D eigenvalue weighted by molar-refractivity contribution is -0.0206. The molecule has 4 heterocycles. The molecule has 276 valence electrons. The lowest BCUT2D eigenvalue weighted by atomic mass is 9.87. The normalized spacial score (nSPS) is 20.1. The minimum Gasteiger partial charge on any atom is -0.493 e. The summed E-state index contributed by atoms with van der Waals surface area (Å²) in [5.41, 5.74) is 1.93. The van der Waals surface area contributed by atoms with Crippen molar-refractivity contribution in [3.05, 3.63) is 113 Å². The van der Waals surface area contributed by atoms with Crippen LogP contribution in [0.5, 0.6) is 5.75 Å². The van der Waals surface area contributed by atoms with Crippen molar-refractivity contribution in [1.29, 1.82) is 0 Å². The molecule has 2 aliphatic rings. The van der Waals surface area contributed by atoms with Crippen LogP contribution in [0.2, 0.25) is 0 Å². The van der Waals surface area contributed by atoms with Crippen LogP contribution >= 0.6 is 0 Å². The molecule has 0 spiro atoms. The van der Waals surface area contributed by atoms with Crippen LogP contribution in [0, 0.1) is 17.6 Å². The zero-order chi connectivity index (χ0) is 35.5. The number of rotatable bonds is 12. The molecule has 2 fully saturated rings. The third-order valence-corrected chi connectivity index (χ3v) is 9.96. The summed E-state index contributed by atoms with van der Waals surface area (Å²) < 4.78 is 45.6. The van der Waals surface area contributed by atoms with E-state index in [-0.39, 0.29) is 29.7 Å². The first kappa shape index (κ1) is 36.7. The Morgan fingerprint density at radius 3 is 2.19 bits per heavy atom. The maximum atomic E-state index is 15.0. The summed E-state index contributed by atoms with van der Waals surface area (Å²) in [7, 11) is 0. The molecule has 15 heteroatoms. The summed E-state index contributed by atoms with van der Waals surface area (Å²) in [5.74, 6) is -0.563. The van der Waals surface area contributed by atoms with Gasteiger partial charge >= 0.3 is 5.69 Å². The van der Waals surface area contributed by atoms with Crippen LogP contribution < -0.4 is 20.2 Å². The highest BCUT2D eigenvalue weighted by Gasteiger charge is 2.44. The third-order valence-electron chi connectivity index (χ3n) is 9.96. The summed E-state index contributed by atoms with van der Waals surface area (Å²) >= 11 is 0. The molecule has 0 unspecified atom stereocenters. The number of benzene rings is 3. The predicted octanol–water partition coefficient (Wildman–Crippen LogP) is 3.75. The first-order valence-electron chi connectivity index (χ1n) is 17.3. The Labute approximate surface area is 300 Å². The van der Waals surface area contributed by atoms with Crippen molar-refractivity contribution in [3.63, 3.8) is 0 Å². The van der Waals surface area contributed by atoms with E-state index in [0.717, 1.165) is 55.1 Å². The summed E-state index contributed by atoms with van der Waals surface area (Å²) in [4.78, 5) is 21.7. The number of hydrogen-bond donors (Lipinski definition) is 1. The van der Waals surface area contributed by atoms with Gasteiger partial charge in [0.05, 0.1) is 37.6 Å². The molecule has 0 aliphatic carbocycles. The van der Waals surface area contributed by atoms with Crippen molar-refractivity contribution < 1.29 is 28.8 Å². The van der Waals surface area contributed by atoms with Crippen LogP contribution in [-0.2, 0) is 16.9 Å². The second kappa shape index (κ2) is 15.6. The fraction of sp³-hybridized carbons (Fsp3) is 0.405. The van der Waals surface area contributed by atoms with E-state index in [1.807, 2.05) is 43.3 Å². The molecule has 0 saturated carbocycles. The van der Waals surface area contributed by atoms with Crippen LogP contribution in [0.15, 0.2) is 90.5 Å². The number of aromatic nitrogens is 6. The van der Waals surface area contributed by atoms with Crippen LogP contribution in [0.3, 0.4) is 0 Å². The molecular weight excluding hydrogens is 674 g/mol. The molecule has 4 atom stereocenters. The number of anilines is 2. The van der Waals surface area contributed by atoms with E-state index in [4.69, 9.17) is 9.47 Å². The van der Waals surface area contributed by atoms with Gasteiger partial charge in [-0.2, -0.15) is 10.2 Å². The molecule has 0 bridgehead atoms. The van der Waals surface area contributed by atoms with Gasteiger partial charge in [0, 0.05) is 55.1 Å². The van der Waals surface area contributed by atoms with E-state index in [1.54, 1.807) is 17.9 Å². The number of piperazine rings is 1. The summed E-state index contributed by atoms with van der Waals surface area (Å²) in [6, 6.07) is 19.2. The Morgan fingerprint density at radius 1 is 0.942 bits per heavy atom. The molecule has 13 nitrogen and oxygen atoms in total. The highest BCUT2D eigenvalue weighted by atomic mass is 19.1. The molecule has 2 aliphatic heterocycles.